The second-order valence-corrected chi connectivity index (χ2v) is 9.99. The molecule has 1 N–H and O–H groups in total. The van der Waals surface area contributed by atoms with Crippen LogP contribution in [0.15, 0.2) is 53.4 Å². The third-order valence-corrected chi connectivity index (χ3v) is 7.67. The van der Waals surface area contributed by atoms with E-state index in [1.54, 1.807) is 30.3 Å². The van der Waals surface area contributed by atoms with Crippen molar-refractivity contribution < 1.29 is 31.4 Å². The standard InChI is InChI=1S/C23H23FN6O6S/c1-33-16-5-3-6-17(34-2)20(16)30-22(18-7-4-9-36-18)27-28-23(30)29-37(31,32)19-13-35-10-8-15(19)21-25-11-14(24)12-26-21/h3-7,9,11-12,15,19H,8,10,13H2,1-2H3,(H,28,29)/t15-,19+/m0/s1. The van der Waals surface area contributed by atoms with Gasteiger partial charge in [-0.2, -0.15) is 0 Å². The van der Waals surface area contributed by atoms with Crippen LogP contribution in [-0.2, 0) is 14.8 Å². The molecule has 2 atom stereocenters. The Kier molecular flexibility index (Phi) is 6.76. The molecule has 4 aromatic rings. The van der Waals surface area contributed by atoms with Gasteiger partial charge in [0.15, 0.2) is 11.6 Å². The fourth-order valence-electron chi connectivity index (χ4n) is 4.21. The fraction of sp³-hybridized carbons (Fsp3) is 0.304. The van der Waals surface area contributed by atoms with E-state index in [0.29, 0.717) is 36.0 Å². The molecule has 0 amide bonds. The van der Waals surface area contributed by atoms with Gasteiger partial charge < -0.3 is 18.6 Å². The van der Waals surface area contributed by atoms with Gasteiger partial charge in [-0.05, 0) is 30.7 Å². The van der Waals surface area contributed by atoms with Crippen molar-refractivity contribution in [2.75, 3.05) is 32.2 Å². The summed E-state index contributed by atoms with van der Waals surface area (Å²) < 4.78 is 66.9. The van der Waals surface area contributed by atoms with Crippen LogP contribution in [0.25, 0.3) is 17.3 Å². The Hall–Kier alpha value is -4.04. The predicted octanol–water partition coefficient (Wildman–Crippen LogP) is 2.79. The van der Waals surface area contributed by atoms with Gasteiger partial charge in [0.05, 0.1) is 39.5 Å². The third kappa shape index (κ3) is 4.72. The number of hydrogen-bond acceptors (Lipinski definition) is 10. The lowest BCUT2D eigenvalue weighted by Crippen LogP contribution is -2.41. The fourth-order valence-corrected chi connectivity index (χ4v) is 5.71. The first-order valence-corrected chi connectivity index (χ1v) is 12.7. The quantitative estimate of drug-likeness (QED) is 0.361. The highest BCUT2D eigenvalue weighted by Gasteiger charge is 2.40. The van der Waals surface area contributed by atoms with E-state index in [2.05, 4.69) is 24.9 Å². The van der Waals surface area contributed by atoms with E-state index in [0.717, 1.165) is 12.4 Å². The van der Waals surface area contributed by atoms with Crippen molar-refractivity contribution in [3.05, 3.63) is 60.6 Å². The number of methoxy groups -OCH3 is 2. The number of hydrogen-bond donors (Lipinski definition) is 1. The smallest absolute Gasteiger partial charge is 0.243 e. The molecule has 1 fully saturated rings. The highest BCUT2D eigenvalue weighted by atomic mass is 32.2. The summed E-state index contributed by atoms with van der Waals surface area (Å²) in [6.45, 7) is 0.201. The van der Waals surface area contributed by atoms with Crippen molar-refractivity contribution in [3.8, 4) is 28.8 Å². The number of nitrogens with one attached hydrogen (secondary N) is 1. The molecule has 0 unspecified atom stereocenters. The minimum atomic E-state index is -4.15. The van der Waals surface area contributed by atoms with Gasteiger partial charge in [-0.15, -0.1) is 10.2 Å². The van der Waals surface area contributed by atoms with Crippen molar-refractivity contribution in [1.82, 2.24) is 24.7 Å². The van der Waals surface area contributed by atoms with Crippen LogP contribution in [-0.4, -0.2) is 65.8 Å². The molecule has 0 bridgehead atoms. The van der Waals surface area contributed by atoms with Crippen molar-refractivity contribution >= 4 is 16.0 Å². The molecule has 5 rings (SSSR count). The Balaban J connectivity index is 1.60. The lowest BCUT2D eigenvalue weighted by Gasteiger charge is -2.30. The number of sulfonamides is 1. The third-order valence-electron chi connectivity index (χ3n) is 5.94. The highest BCUT2D eigenvalue weighted by molar-refractivity contribution is 7.93. The van der Waals surface area contributed by atoms with Crippen molar-refractivity contribution in [2.24, 2.45) is 0 Å². The van der Waals surface area contributed by atoms with Gasteiger partial charge in [0.25, 0.3) is 0 Å². The van der Waals surface area contributed by atoms with Crippen LogP contribution >= 0.6 is 0 Å². The molecule has 4 heterocycles. The summed E-state index contributed by atoms with van der Waals surface area (Å²) in [5.41, 5.74) is 0.361. The highest BCUT2D eigenvalue weighted by Crippen LogP contribution is 2.38. The van der Waals surface area contributed by atoms with Crippen molar-refractivity contribution in [1.29, 1.82) is 0 Å². The van der Waals surface area contributed by atoms with E-state index in [1.807, 2.05) is 0 Å². The zero-order valence-corrected chi connectivity index (χ0v) is 20.7. The molecule has 12 nitrogen and oxygen atoms in total. The van der Waals surface area contributed by atoms with Gasteiger partial charge in [-0.25, -0.2) is 22.8 Å². The molecular formula is C23H23FN6O6S. The minimum Gasteiger partial charge on any atom is -0.494 e. The number of nitrogens with zero attached hydrogens (tertiary/aromatic N) is 5. The van der Waals surface area contributed by atoms with Crippen molar-refractivity contribution in [2.45, 2.75) is 17.6 Å². The van der Waals surface area contributed by atoms with Crippen LogP contribution in [0.5, 0.6) is 11.5 Å². The molecule has 0 aliphatic carbocycles. The maximum atomic E-state index is 13.7. The lowest BCUT2D eigenvalue weighted by molar-refractivity contribution is 0.0863. The zero-order chi connectivity index (χ0) is 26.0. The van der Waals surface area contributed by atoms with E-state index < -0.39 is 27.0 Å². The molecule has 1 aliphatic rings. The van der Waals surface area contributed by atoms with Crippen LogP contribution in [0.1, 0.15) is 18.2 Å². The number of para-hydroxylation sites is 1. The Labute approximate surface area is 211 Å². The number of halogens is 1. The molecule has 0 spiro atoms. The van der Waals surface area contributed by atoms with Crippen molar-refractivity contribution in [3.63, 3.8) is 0 Å². The van der Waals surface area contributed by atoms with E-state index in [4.69, 9.17) is 18.6 Å². The Morgan fingerprint density at radius 2 is 1.81 bits per heavy atom. The van der Waals surface area contributed by atoms with Crippen LogP contribution < -0.4 is 14.2 Å². The number of aromatic nitrogens is 5. The molecule has 3 aromatic heterocycles. The number of rotatable bonds is 8. The summed E-state index contributed by atoms with van der Waals surface area (Å²) in [5, 5.41) is 7.22. The molecule has 1 aromatic carbocycles. The molecular weight excluding hydrogens is 507 g/mol. The van der Waals surface area contributed by atoms with Gasteiger partial charge in [-0.3, -0.25) is 9.29 Å². The summed E-state index contributed by atoms with van der Waals surface area (Å²) >= 11 is 0. The van der Waals surface area contributed by atoms with E-state index >= 15 is 0 Å². The van der Waals surface area contributed by atoms with Crippen LogP contribution in [0, 0.1) is 5.82 Å². The molecule has 1 aliphatic heterocycles. The lowest BCUT2D eigenvalue weighted by atomic mass is 9.99. The summed E-state index contributed by atoms with van der Waals surface area (Å²) in [6.07, 6.45) is 3.82. The van der Waals surface area contributed by atoms with Gasteiger partial charge in [-0.1, -0.05) is 6.07 Å². The topological polar surface area (TPSA) is 143 Å². The summed E-state index contributed by atoms with van der Waals surface area (Å²) in [4.78, 5) is 8.02. The van der Waals surface area contributed by atoms with Crippen LogP contribution in [0.4, 0.5) is 10.3 Å². The monoisotopic (exact) mass is 530 g/mol. The number of ether oxygens (including phenoxy) is 3. The number of anilines is 1. The second-order valence-electron chi connectivity index (χ2n) is 8.09. The maximum Gasteiger partial charge on any atom is 0.243 e. The maximum absolute atomic E-state index is 13.7. The molecule has 0 saturated carbocycles. The van der Waals surface area contributed by atoms with Crippen LogP contribution in [0.2, 0.25) is 0 Å². The zero-order valence-electron chi connectivity index (χ0n) is 19.9. The van der Waals surface area contributed by atoms with E-state index in [-0.39, 0.29) is 24.2 Å². The second kappa shape index (κ2) is 10.1. The molecule has 0 radical (unpaired) electrons. The predicted molar refractivity (Wildman–Crippen MR) is 129 cm³/mol. The molecule has 37 heavy (non-hydrogen) atoms. The first-order valence-electron chi connectivity index (χ1n) is 11.2. The Morgan fingerprint density at radius 1 is 1.08 bits per heavy atom. The average Bonchev–Trinajstić information content (AvgIpc) is 3.58. The minimum absolute atomic E-state index is 0.113. The normalized spacial score (nSPS) is 17.9. The number of benzene rings is 1. The van der Waals surface area contributed by atoms with E-state index in [1.165, 1.54) is 25.0 Å². The summed E-state index contributed by atoms with van der Waals surface area (Å²) in [7, 11) is -1.20. The van der Waals surface area contributed by atoms with Gasteiger partial charge in [0.1, 0.15) is 28.3 Å². The van der Waals surface area contributed by atoms with Gasteiger partial charge >= 0.3 is 0 Å². The largest absolute Gasteiger partial charge is 0.494 e. The summed E-state index contributed by atoms with van der Waals surface area (Å²) in [6, 6.07) is 8.45. The van der Waals surface area contributed by atoms with E-state index in [9.17, 15) is 12.8 Å². The molecule has 14 heteroatoms. The summed E-state index contributed by atoms with van der Waals surface area (Å²) in [5.74, 6) is 0.152. The molecule has 194 valence electrons. The van der Waals surface area contributed by atoms with Gasteiger partial charge in [0, 0.05) is 12.5 Å². The van der Waals surface area contributed by atoms with Gasteiger partial charge in [0.2, 0.25) is 21.8 Å². The number of furan rings is 1. The molecule has 1 saturated heterocycles. The Morgan fingerprint density at radius 3 is 2.46 bits per heavy atom. The average molecular weight is 531 g/mol. The Bertz CT molecular complexity index is 1450. The first kappa shape index (κ1) is 24.6. The van der Waals surface area contributed by atoms with Crippen LogP contribution in [0.3, 0.4) is 0 Å². The SMILES string of the molecule is COc1cccc(OC)c1-n1c(NS(=O)(=O)[C@@H]2COCC[C@@H]2c2ncc(F)cn2)nnc1-c1ccco1. The first-order chi connectivity index (χ1) is 17.9.